The standard InChI is InChI=1S/C20H19N5O7/c1-12(32-2)5-7-23-8-6-19(26)14-10-16(20(27)11-17(14)23)22-21-15-4-3-13(24(28)29)9-18(15)25(30)31/h3-4,9-11,27H,1,5-8H2,2H3. The molecule has 32 heavy (non-hydrogen) atoms. The molecular formula is C20H19N5O7. The number of non-ortho nitro benzene ring substituents is 1. The number of carbonyl (C=O) groups is 1. The summed E-state index contributed by atoms with van der Waals surface area (Å²) in [6.45, 7) is 4.77. The number of ether oxygens (including phenoxy) is 1. The Morgan fingerprint density at radius 3 is 2.56 bits per heavy atom. The van der Waals surface area contributed by atoms with E-state index >= 15 is 0 Å². The molecule has 166 valence electrons. The lowest BCUT2D eigenvalue weighted by Gasteiger charge is -2.31. The molecule has 12 nitrogen and oxygen atoms in total. The molecule has 0 fully saturated rings. The molecule has 3 rings (SSSR count). The number of benzene rings is 2. The topological polar surface area (TPSA) is 161 Å². The number of hydrogen-bond acceptors (Lipinski definition) is 10. The molecule has 2 aromatic carbocycles. The minimum Gasteiger partial charge on any atom is -0.506 e. The predicted molar refractivity (Wildman–Crippen MR) is 114 cm³/mol. The maximum Gasteiger partial charge on any atom is 0.303 e. The van der Waals surface area contributed by atoms with E-state index in [2.05, 4.69) is 16.8 Å². The minimum atomic E-state index is -0.816. The lowest BCUT2D eigenvalue weighted by molar-refractivity contribution is -0.393. The van der Waals surface area contributed by atoms with Gasteiger partial charge in [0, 0.05) is 43.6 Å². The van der Waals surface area contributed by atoms with Gasteiger partial charge in [-0.05, 0) is 12.1 Å². The number of rotatable bonds is 8. The van der Waals surface area contributed by atoms with Crippen LogP contribution in [0.15, 0.2) is 52.9 Å². The Morgan fingerprint density at radius 1 is 1.19 bits per heavy atom. The summed E-state index contributed by atoms with van der Waals surface area (Å²) >= 11 is 0. The van der Waals surface area contributed by atoms with E-state index in [9.17, 15) is 30.1 Å². The third kappa shape index (κ3) is 4.69. The van der Waals surface area contributed by atoms with Crippen LogP contribution in [0.3, 0.4) is 0 Å². The number of anilines is 1. The molecule has 1 aliphatic rings. The molecule has 0 saturated heterocycles. The molecule has 0 spiro atoms. The van der Waals surface area contributed by atoms with Crippen molar-refractivity contribution >= 4 is 34.2 Å². The molecule has 0 aromatic heterocycles. The number of nitro groups is 2. The predicted octanol–water partition coefficient (Wildman–Crippen LogP) is 4.57. The monoisotopic (exact) mass is 441 g/mol. The number of phenols is 1. The molecule has 0 bridgehead atoms. The van der Waals surface area contributed by atoms with Crippen LogP contribution < -0.4 is 4.90 Å². The first-order valence-electron chi connectivity index (χ1n) is 9.42. The Hall–Kier alpha value is -4.35. The summed E-state index contributed by atoms with van der Waals surface area (Å²) in [6.07, 6.45) is 0.803. The van der Waals surface area contributed by atoms with Gasteiger partial charge in [0.15, 0.2) is 11.5 Å². The zero-order valence-electron chi connectivity index (χ0n) is 17.1. The van der Waals surface area contributed by atoms with Crippen LogP contribution in [0.25, 0.3) is 0 Å². The van der Waals surface area contributed by atoms with Gasteiger partial charge in [-0.25, -0.2) is 0 Å². The summed E-state index contributed by atoms with van der Waals surface area (Å²) in [5.41, 5.74) is -0.501. The summed E-state index contributed by atoms with van der Waals surface area (Å²) in [5.74, 6) is 0.171. The third-order valence-corrected chi connectivity index (χ3v) is 4.92. The van der Waals surface area contributed by atoms with Crippen molar-refractivity contribution in [1.29, 1.82) is 0 Å². The maximum atomic E-state index is 12.4. The zero-order chi connectivity index (χ0) is 23.4. The van der Waals surface area contributed by atoms with E-state index < -0.39 is 21.2 Å². The SMILES string of the molecule is C=C(CCN1CCC(=O)c2cc(N=Nc3ccc([N+](=O)[O-])cc3[N+](=O)[O-])c(O)cc21)OC. The van der Waals surface area contributed by atoms with Crippen LogP contribution in [0.5, 0.6) is 5.75 Å². The van der Waals surface area contributed by atoms with Gasteiger partial charge >= 0.3 is 5.69 Å². The molecule has 0 saturated carbocycles. The second-order valence-electron chi connectivity index (χ2n) is 6.90. The average Bonchev–Trinajstić information content (AvgIpc) is 2.77. The zero-order valence-corrected chi connectivity index (χ0v) is 17.1. The van der Waals surface area contributed by atoms with Crippen LogP contribution >= 0.6 is 0 Å². The van der Waals surface area contributed by atoms with E-state index in [0.29, 0.717) is 36.5 Å². The number of hydrogen-bond donors (Lipinski definition) is 1. The van der Waals surface area contributed by atoms with E-state index in [4.69, 9.17) is 4.74 Å². The van der Waals surface area contributed by atoms with E-state index in [1.165, 1.54) is 19.2 Å². The van der Waals surface area contributed by atoms with Gasteiger partial charge in [-0.3, -0.25) is 25.0 Å². The van der Waals surface area contributed by atoms with E-state index in [-0.39, 0.29) is 29.3 Å². The van der Waals surface area contributed by atoms with Crippen LogP contribution in [-0.4, -0.2) is 40.9 Å². The minimum absolute atomic E-state index is 0.0621. The Labute approximate surface area is 181 Å². The van der Waals surface area contributed by atoms with Crippen molar-refractivity contribution in [2.24, 2.45) is 10.2 Å². The van der Waals surface area contributed by atoms with Crippen molar-refractivity contribution in [2.75, 3.05) is 25.1 Å². The largest absolute Gasteiger partial charge is 0.506 e. The van der Waals surface area contributed by atoms with Gasteiger partial charge in [-0.1, -0.05) is 6.58 Å². The second kappa shape index (κ2) is 9.20. The fourth-order valence-corrected chi connectivity index (χ4v) is 3.18. The number of carbonyl (C=O) groups excluding carboxylic acids is 1. The van der Waals surface area contributed by atoms with Crippen LogP contribution in [-0.2, 0) is 4.74 Å². The van der Waals surface area contributed by atoms with Gasteiger partial charge in [-0.15, -0.1) is 10.2 Å². The fourth-order valence-electron chi connectivity index (χ4n) is 3.18. The van der Waals surface area contributed by atoms with Gasteiger partial charge in [0.05, 0.1) is 34.5 Å². The first-order valence-corrected chi connectivity index (χ1v) is 9.42. The molecule has 0 atom stereocenters. The number of fused-ring (bicyclic) bond motifs is 1. The highest BCUT2D eigenvalue weighted by atomic mass is 16.6. The Bertz CT molecular complexity index is 1150. The van der Waals surface area contributed by atoms with Crippen molar-refractivity contribution in [3.8, 4) is 5.75 Å². The highest BCUT2D eigenvalue weighted by Crippen LogP contribution is 2.39. The van der Waals surface area contributed by atoms with E-state index in [1.54, 1.807) is 0 Å². The Kier molecular flexibility index (Phi) is 6.42. The van der Waals surface area contributed by atoms with Crippen molar-refractivity contribution < 1.29 is 24.5 Å². The summed E-state index contributed by atoms with van der Waals surface area (Å²) < 4.78 is 5.06. The van der Waals surface area contributed by atoms with Gasteiger partial charge in [-0.2, -0.15) is 0 Å². The molecule has 0 radical (unpaired) electrons. The molecule has 1 N–H and O–H groups in total. The number of nitro benzene ring substituents is 2. The number of aromatic hydroxyl groups is 1. The number of methoxy groups -OCH3 is 1. The summed E-state index contributed by atoms with van der Waals surface area (Å²) in [7, 11) is 1.52. The van der Waals surface area contributed by atoms with Crippen molar-refractivity contribution in [1.82, 2.24) is 0 Å². The first-order chi connectivity index (χ1) is 15.2. The van der Waals surface area contributed by atoms with E-state index in [0.717, 1.165) is 18.2 Å². The van der Waals surface area contributed by atoms with Gasteiger partial charge in [0.1, 0.15) is 11.4 Å². The third-order valence-electron chi connectivity index (χ3n) is 4.92. The molecular weight excluding hydrogens is 422 g/mol. The van der Waals surface area contributed by atoms with Gasteiger partial charge in [0.2, 0.25) is 0 Å². The molecule has 2 aromatic rings. The normalized spacial score (nSPS) is 13.2. The Morgan fingerprint density at radius 2 is 1.91 bits per heavy atom. The fraction of sp³-hybridized carbons (Fsp3) is 0.250. The van der Waals surface area contributed by atoms with Crippen LogP contribution in [0, 0.1) is 20.2 Å². The van der Waals surface area contributed by atoms with Crippen LogP contribution in [0.4, 0.5) is 28.4 Å². The maximum absolute atomic E-state index is 12.4. The molecule has 0 amide bonds. The van der Waals surface area contributed by atoms with Crippen molar-refractivity contribution in [3.05, 3.63) is 68.5 Å². The lowest BCUT2D eigenvalue weighted by atomic mass is 9.99. The van der Waals surface area contributed by atoms with Crippen LogP contribution in [0.1, 0.15) is 23.2 Å². The van der Waals surface area contributed by atoms with Crippen molar-refractivity contribution in [2.45, 2.75) is 12.8 Å². The van der Waals surface area contributed by atoms with E-state index in [1.807, 2.05) is 4.90 Å². The smallest absolute Gasteiger partial charge is 0.303 e. The number of azo groups is 1. The number of nitrogens with zero attached hydrogens (tertiary/aromatic N) is 5. The molecule has 1 heterocycles. The van der Waals surface area contributed by atoms with Gasteiger partial charge in [0.25, 0.3) is 5.69 Å². The highest BCUT2D eigenvalue weighted by Gasteiger charge is 2.25. The Balaban J connectivity index is 1.94. The summed E-state index contributed by atoms with van der Waals surface area (Å²) in [5, 5.41) is 40.1. The second-order valence-corrected chi connectivity index (χ2v) is 6.90. The lowest BCUT2D eigenvalue weighted by Crippen LogP contribution is -2.33. The van der Waals surface area contributed by atoms with Crippen LogP contribution in [0.2, 0.25) is 0 Å². The first kappa shape index (κ1) is 22.3. The van der Waals surface area contributed by atoms with Crippen molar-refractivity contribution in [3.63, 3.8) is 0 Å². The quantitative estimate of drug-likeness (QED) is 0.270. The number of Topliss-reactive ketones (excluding diaryl/α,β-unsaturated/α-hetero) is 1. The number of phenolic OH excluding ortho intramolecular Hbond substituents is 1. The molecule has 0 aliphatic carbocycles. The average molecular weight is 441 g/mol. The summed E-state index contributed by atoms with van der Waals surface area (Å²) in [4.78, 5) is 34.9. The highest BCUT2D eigenvalue weighted by molar-refractivity contribution is 6.04. The van der Waals surface area contributed by atoms with Gasteiger partial charge < -0.3 is 14.7 Å². The molecule has 1 aliphatic heterocycles. The molecule has 12 heteroatoms. The summed E-state index contributed by atoms with van der Waals surface area (Å²) in [6, 6.07) is 5.68. The molecule has 0 unspecified atom stereocenters. The number of ketones is 1.